The molecule has 0 aromatic heterocycles. The van der Waals surface area contributed by atoms with E-state index in [2.05, 4.69) is 29.2 Å². The van der Waals surface area contributed by atoms with Crippen LogP contribution < -0.4 is 0 Å². The van der Waals surface area contributed by atoms with E-state index in [1.54, 1.807) is 11.1 Å². The van der Waals surface area contributed by atoms with Crippen molar-refractivity contribution >= 4 is 0 Å². The minimum atomic E-state index is 0.549. The van der Waals surface area contributed by atoms with Gasteiger partial charge < -0.3 is 0 Å². The summed E-state index contributed by atoms with van der Waals surface area (Å²) in [4.78, 5) is 2.75. The third-order valence-corrected chi connectivity index (χ3v) is 5.20. The lowest BCUT2D eigenvalue weighted by molar-refractivity contribution is 0.132. The summed E-state index contributed by atoms with van der Waals surface area (Å²) in [6.45, 7) is 2.54. The van der Waals surface area contributed by atoms with Gasteiger partial charge >= 0.3 is 0 Å². The van der Waals surface area contributed by atoms with E-state index in [-0.39, 0.29) is 0 Å². The van der Waals surface area contributed by atoms with Crippen molar-refractivity contribution in [2.75, 3.05) is 6.54 Å². The van der Waals surface area contributed by atoms with E-state index in [1.165, 1.54) is 45.2 Å². The maximum atomic E-state index is 2.75. The van der Waals surface area contributed by atoms with E-state index in [0.29, 0.717) is 5.41 Å². The molecule has 0 amide bonds. The maximum absolute atomic E-state index is 2.75. The van der Waals surface area contributed by atoms with Gasteiger partial charge in [-0.1, -0.05) is 37.1 Å². The van der Waals surface area contributed by atoms with Gasteiger partial charge in [0.1, 0.15) is 0 Å². The number of nitrogens with zero attached hydrogens (tertiary/aromatic N) is 1. The second-order valence-electron chi connectivity index (χ2n) is 5.80. The minimum absolute atomic E-state index is 0.549. The second-order valence-corrected chi connectivity index (χ2v) is 5.80. The number of hydrogen-bond donors (Lipinski definition) is 0. The topological polar surface area (TPSA) is 3.24 Å². The zero-order valence-electron chi connectivity index (χ0n) is 9.78. The molecule has 4 rings (SSSR count). The van der Waals surface area contributed by atoms with Gasteiger partial charge in [0.15, 0.2) is 0 Å². The summed E-state index contributed by atoms with van der Waals surface area (Å²) in [5, 5.41) is 0. The molecule has 2 fully saturated rings. The first kappa shape index (κ1) is 9.23. The Hall–Kier alpha value is -0.820. The van der Waals surface area contributed by atoms with E-state index in [4.69, 9.17) is 0 Å². The van der Waals surface area contributed by atoms with Gasteiger partial charge in [-0.25, -0.2) is 0 Å². The molecule has 1 aromatic carbocycles. The molecule has 1 aromatic rings. The van der Waals surface area contributed by atoms with Gasteiger partial charge in [0, 0.05) is 18.0 Å². The van der Waals surface area contributed by atoms with Crippen molar-refractivity contribution < 1.29 is 0 Å². The summed E-state index contributed by atoms with van der Waals surface area (Å²) < 4.78 is 0. The van der Waals surface area contributed by atoms with E-state index in [0.717, 1.165) is 6.04 Å². The molecule has 1 nitrogen and oxygen atoms in total. The first-order valence-electron chi connectivity index (χ1n) is 6.73. The molecule has 1 aliphatic carbocycles. The van der Waals surface area contributed by atoms with Crippen molar-refractivity contribution in [1.82, 2.24) is 4.90 Å². The number of hydrogen-bond acceptors (Lipinski definition) is 1. The van der Waals surface area contributed by atoms with Crippen molar-refractivity contribution in [3.05, 3.63) is 35.4 Å². The van der Waals surface area contributed by atoms with Crippen LogP contribution in [0.3, 0.4) is 0 Å². The Morgan fingerprint density at radius 3 is 3.06 bits per heavy atom. The summed E-state index contributed by atoms with van der Waals surface area (Å²) in [5.41, 5.74) is 3.86. The van der Waals surface area contributed by atoms with Crippen molar-refractivity contribution in [2.24, 2.45) is 0 Å². The Morgan fingerprint density at radius 1 is 1.12 bits per heavy atom. The summed E-state index contributed by atoms with van der Waals surface area (Å²) in [7, 11) is 0. The van der Waals surface area contributed by atoms with Gasteiger partial charge in [0.25, 0.3) is 0 Å². The first-order chi connectivity index (χ1) is 7.90. The van der Waals surface area contributed by atoms with Gasteiger partial charge in [-0.2, -0.15) is 0 Å². The van der Waals surface area contributed by atoms with Gasteiger partial charge in [0.2, 0.25) is 0 Å². The predicted molar refractivity (Wildman–Crippen MR) is 65.4 cm³/mol. The van der Waals surface area contributed by atoms with E-state index < -0.39 is 0 Å². The summed E-state index contributed by atoms with van der Waals surface area (Å²) in [6.07, 6.45) is 7.18. The highest BCUT2D eigenvalue weighted by Crippen LogP contribution is 2.53. The average Bonchev–Trinajstić information content (AvgIpc) is 2.63. The van der Waals surface area contributed by atoms with Crippen LogP contribution in [0, 0.1) is 0 Å². The molecule has 0 N–H and O–H groups in total. The number of rotatable bonds is 0. The molecule has 3 aliphatic rings. The van der Waals surface area contributed by atoms with E-state index in [1.807, 2.05) is 0 Å². The molecule has 1 saturated carbocycles. The number of fused-ring (bicyclic) bond motifs is 1. The molecule has 3 atom stereocenters. The normalized spacial score (nSPS) is 40.2. The third kappa shape index (κ3) is 1.00. The Morgan fingerprint density at radius 2 is 2.06 bits per heavy atom. The fraction of sp³-hybridized carbons (Fsp3) is 0.600. The minimum Gasteiger partial charge on any atom is -0.295 e. The highest BCUT2D eigenvalue weighted by Gasteiger charge is 2.52. The molecule has 2 aliphatic heterocycles. The van der Waals surface area contributed by atoms with Crippen LogP contribution in [-0.2, 0) is 12.0 Å². The van der Waals surface area contributed by atoms with Crippen LogP contribution in [0.5, 0.6) is 0 Å². The highest BCUT2D eigenvalue weighted by atomic mass is 15.2. The first-order valence-corrected chi connectivity index (χ1v) is 6.73. The maximum Gasteiger partial charge on any atom is 0.0240 e. The molecular formula is C15H19N. The summed E-state index contributed by atoms with van der Waals surface area (Å²) in [5.74, 6) is 0. The standard InChI is InChI=1S/C15H19N/c1-2-6-13-12(5-1)11-16-10-9-15(13)8-4-3-7-14(15)16/h1-2,5-6,14H,3-4,7-11H2. The lowest BCUT2D eigenvalue weighted by Gasteiger charge is -2.47. The predicted octanol–water partition coefficient (Wildman–Crippen LogP) is 3.09. The Bertz CT molecular complexity index is 425. The molecule has 16 heavy (non-hydrogen) atoms. The molecular weight excluding hydrogens is 194 g/mol. The van der Waals surface area contributed by atoms with Crippen molar-refractivity contribution in [3.8, 4) is 0 Å². The lowest BCUT2D eigenvalue weighted by Crippen LogP contribution is -2.48. The summed E-state index contributed by atoms with van der Waals surface area (Å²) >= 11 is 0. The molecule has 0 spiro atoms. The Kier molecular flexibility index (Phi) is 1.79. The molecule has 1 saturated heterocycles. The van der Waals surface area contributed by atoms with Crippen molar-refractivity contribution in [3.63, 3.8) is 0 Å². The average molecular weight is 213 g/mol. The SMILES string of the molecule is c1ccc2c(c1)CN1CCC23CCCCC13. The lowest BCUT2D eigenvalue weighted by atomic mass is 9.64. The van der Waals surface area contributed by atoms with E-state index >= 15 is 0 Å². The molecule has 2 heterocycles. The van der Waals surface area contributed by atoms with Crippen LogP contribution in [0.1, 0.15) is 43.2 Å². The van der Waals surface area contributed by atoms with E-state index in [9.17, 15) is 0 Å². The fourth-order valence-electron chi connectivity index (χ4n) is 4.54. The number of benzene rings is 1. The van der Waals surface area contributed by atoms with Gasteiger partial charge in [0.05, 0.1) is 0 Å². The van der Waals surface area contributed by atoms with Gasteiger partial charge in [-0.15, -0.1) is 0 Å². The second kappa shape index (κ2) is 3.10. The highest BCUT2D eigenvalue weighted by molar-refractivity contribution is 5.41. The van der Waals surface area contributed by atoms with Crippen LogP contribution >= 0.6 is 0 Å². The monoisotopic (exact) mass is 213 g/mol. The van der Waals surface area contributed by atoms with Crippen LogP contribution in [0.15, 0.2) is 24.3 Å². The van der Waals surface area contributed by atoms with Crippen LogP contribution in [0.4, 0.5) is 0 Å². The molecule has 1 heteroatoms. The Labute approximate surface area is 97.5 Å². The molecule has 3 unspecified atom stereocenters. The van der Waals surface area contributed by atoms with Crippen molar-refractivity contribution in [1.29, 1.82) is 0 Å². The van der Waals surface area contributed by atoms with Crippen LogP contribution in [0.2, 0.25) is 0 Å². The molecule has 84 valence electrons. The van der Waals surface area contributed by atoms with Crippen LogP contribution in [0.25, 0.3) is 0 Å². The van der Waals surface area contributed by atoms with Gasteiger partial charge in [-0.05, 0) is 36.9 Å². The third-order valence-electron chi connectivity index (χ3n) is 5.20. The molecule has 2 bridgehead atoms. The zero-order chi connectivity index (χ0) is 10.6. The summed E-state index contributed by atoms with van der Waals surface area (Å²) in [6, 6.07) is 10.1. The fourth-order valence-corrected chi connectivity index (χ4v) is 4.54. The van der Waals surface area contributed by atoms with Gasteiger partial charge in [-0.3, -0.25) is 4.90 Å². The van der Waals surface area contributed by atoms with Crippen LogP contribution in [-0.4, -0.2) is 17.5 Å². The smallest absolute Gasteiger partial charge is 0.0240 e. The molecule has 0 radical (unpaired) electrons. The largest absolute Gasteiger partial charge is 0.295 e. The van der Waals surface area contributed by atoms with Crippen molar-refractivity contribution in [2.45, 2.75) is 50.1 Å². The zero-order valence-corrected chi connectivity index (χ0v) is 9.78. The Balaban J connectivity index is 1.92. The quantitative estimate of drug-likeness (QED) is 0.640.